The third kappa shape index (κ3) is 3.40. The second kappa shape index (κ2) is 5.11. The Morgan fingerprint density at radius 3 is 2.53 bits per heavy atom. The highest BCUT2D eigenvalue weighted by atomic mass is 16.1. The Labute approximate surface area is 114 Å². The molecule has 5 N–H and O–H groups in total. The number of carbonyl (C=O) groups is 1. The number of benzene rings is 1. The number of hydrogen-bond acceptors (Lipinski definition) is 3. The van der Waals surface area contributed by atoms with Crippen LogP contribution in [0.2, 0.25) is 0 Å². The van der Waals surface area contributed by atoms with E-state index in [4.69, 9.17) is 11.5 Å². The van der Waals surface area contributed by atoms with Crippen LogP contribution in [-0.4, -0.2) is 11.9 Å². The molecule has 1 aliphatic carbocycles. The fourth-order valence-electron chi connectivity index (χ4n) is 2.66. The molecule has 0 aliphatic heterocycles. The predicted molar refractivity (Wildman–Crippen MR) is 79.0 cm³/mol. The van der Waals surface area contributed by atoms with Gasteiger partial charge in [0.25, 0.3) is 5.91 Å². The van der Waals surface area contributed by atoms with Crippen LogP contribution in [0.3, 0.4) is 0 Å². The van der Waals surface area contributed by atoms with Crippen molar-refractivity contribution in [1.29, 1.82) is 0 Å². The number of rotatable bonds is 3. The lowest BCUT2D eigenvalue weighted by Gasteiger charge is -2.35. The van der Waals surface area contributed by atoms with Gasteiger partial charge in [-0.05, 0) is 49.3 Å². The Morgan fingerprint density at radius 1 is 1.32 bits per heavy atom. The molecule has 19 heavy (non-hydrogen) atoms. The molecule has 104 valence electrons. The molecule has 0 bridgehead atoms. The summed E-state index contributed by atoms with van der Waals surface area (Å²) in [4.78, 5) is 11.4. The van der Waals surface area contributed by atoms with Gasteiger partial charge in [0.2, 0.25) is 0 Å². The van der Waals surface area contributed by atoms with E-state index in [0.717, 1.165) is 18.5 Å². The fraction of sp³-hybridized carbons (Fsp3) is 0.533. The largest absolute Gasteiger partial charge is 0.399 e. The molecular formula is C15H23N3O. The topological polar surface area (TPSA) is 81.1 Å². The second-order valence-corrected chi connectivity index (χ2v) is 6.25. The molecule has 1 fully saturated rings. The number of anilines is 2. The maximum Gasteiger partial charge on any atom is 0.250 e. The first-order valence-electron chi connectivity index (χ1n) is 6.83. The number of carbonyl (C=O) groups excluding carboxylic acids is 1. The number of nitrogen functional groups attached to an aromatic ring is 1. The molecule has 1 aromatic carbocycles. The van der Waals surface area contributed by atoms with Gasteiger partial charge in [-0.15, -0.1) is 0 Å². The highest BCUT2D eigenvalue weighted by Gasteiger charge is 2.27. The monoisotopic (exact) mass is 261 g/mol. The normalized spacial score (nSPS) is 19.1. The zero-order valence-corrected chi connectivity index (χ0v) is 11.7. The zero-order valence-electron chi connectivity index (χ0n) is 11.7. The van der Waals surface area contributed by atoms with E-state index >= 15 is 0 Å². The van der Waals surface area contributed by atoms with Gasteiger partial charge in [-0.1, -0.05) is 13.8 Å². The number of nitrogens with two attached hydrogens (primary N) is 2. The summed E-state index contributed by atoms with van der Waals surface area (Å²) in [6, 6.07) is 5.68. The molecule has 0 unspecified atom stereocenters. The van der Waals surface area contributed by atoms with Gasteiger partial charge >= 0.3 is 0 Å². The highest BCUT2D eigenvalue weighted by Crippen LogP contribution is 2.36. The van der Waals surface area contributed by atoms with E-state index in [0.29, 0.717) is 22.7 Å². The van der Waals surface area contributed by atoms with Crippen LogP contribution in [0.25, 0.3) is 0 Å². The molecule has 2 rings (SSSR count). The van der Waals surface area contributed by atoms with E-state index < -0.39 is 5.91 Å². The first-order valence-corrected chi connectivity index (χ1v) is 6.83. The molecule has 1 amide bonds. The molecule has 1 aromatic rings. The predicted octanol–water partition coefficient (Wildman–Crippen LogP) is 2.75. The molecule has 0 saturated heterocycles. The minimum Gasteiger partial charge on any atom is -0.399 e. The maximum atomic E-state index is 11.4. The molecule has 0 atom stereocenters. The Hall–Kier alpha value is -1.71. The van der Waals surface area contributed by atoms with Crippen LogP contribution in [0.5, 0.6) is 0 Å². The van der Waals surface area contributed by atoms with E-state index in [1.807, 2.05) is 6.07 Å². The minimum atomic E-state index is -0.439. The van der Waals surface area contributed by atoms with E-state index in [9.17, 15) is 4.79 Å². The molecule has 4 heteroatoms. The summed E-state index contributed by atoms with van der Waals surface area (Å²) in [5, 5.41) is 3.44. The number of amides is 1. The quantitative estimate of drug-likeness (QED) is 0.732. The molecule has 0 heterocycles. The average molecular weight is 261 g/mol. The SMILES string of the molecule is CC1(C)CCC(Nc2ccc(N)cc2C(N)=O)CC1. The van der Waals surface area contributed by atoms with Crippen molar-refractivity contribution < 1.29 is 4.79 Å². The van der Waals surface area contributed by atoms with Crippen molar-refractivity contribution in [2.24, 2.45) is 11.1 Å². The number of primary amides is 1. The van der Waals surface area contributed by atoms with Crippen LogP contribution in [0.4, 0.5) is 11.4 Å². The van der Waals surface area contributed by atoms with Gasteiger partial charge in [0.05, 0.1) is 5.56 Å². The molecular weight excluding hydrogens is 238 g/mol. The third-order valence-electron chi connectivity index (χ3n) is 4.01. The zero-order chi connectivity index (χ0) is 14.0. The lowest BCUT2D eigenvalue weighted by Crippen LogP contribution is -2.30. The molecule has 1 saturated carbocycles. The van der Waals surface area contributed by atoms with Crippen molar-refractivity contribution in [3.05, 3.63) is 23.8 Å². The number of hydrogen-bond donors (Lipinski definition) is 3. The van der Waals surface area contributed by atoms with Gasteiger partial charge in [-0.25, -0.2) is 0 Å². The molecule has 0 radical (unpaired) electrons. The minimum absolute atomic E-state index is 0.412. The molecule has 1 aliphatic rings. The summed E-state index contributed by atoms with van der Waals surface area (Å²) < 4.78 is 0. The van der Waals surface area contributed by atoms with Crippen molar-refractivity contribution in [1.82, 2.24) is 0 Å². The van der Waals surface area contributed by atoms with E-state index in [1.165, 1.54) is 12.8 Å². The van der Waals surface area contributed by atoms with Gasteiger partial charge in [0.15, 0.2) is 0 Å². The Balaban J connectivity index is 2.10. The van der Waals surface area contributed by atoms with Crippen LogP contribution in [-0.2, 0) is 0 Å². The van der Waals surface area contributed by atoms with Crippen molar-refractivity contribution in [2.75, 3.05) is 11.1 Å². The van der Waals surface area contributed by atoms with Crippen LogP contribution < -0.4 is 16.8 Å². The summed E-state index contributed by atoms with van der Waals surface area (Å²) in [6.07, 6.45) is 4.64. The third-order valence-corrected chi connectivity index (χ3v) is 4.01. The average Bonchev–Trinajstić information content (AvgIpc) is 2.33. The van der Waals surface area contributed by atoms with Crippen molar-refractivity contribution in [3.8, 4) is 0 Å². The fourth-order valence-corrected chi connectivity index (χ4v) is 2.66. The Kier molecular flexibility index (Phi) is 3.69. The van der Waals surface area contributed by atoms with Crippen LogP contribution in [0.15, 0.2) is 18.2 Å². The highest BCUT2D eigenvalue weighted by molar-refractivity contribution is 5.99. The first kappa shape index (κ1) is 13.7. The van der Waals surface area contributed by atoms with Crippen LogP contribution in [0.1, 0.15) is 49.9 Å². The van der Waals surface area contributed by atoms with Crippen molar-refractivity contribution in [2.45, 2.75) is 45.6 Å². The molecule has 4 nitrogen and oxygen atoms in total. The Morgan fingerprint density at radius 2 is 1.95 bits per heavy atom. The van der Waals surface area contributed by atoms with Crippen molar-refractivity contribution in [3.63, 3.8) is 0 Å². The van der Waals surface area contributed by atoms with Crippen LogP contribution in [0, 0.1) is 5.41 Å². The van der Waals surface area contributed by atoms with E-state index in [2.05, 4.69) is 19.2 Å². The standard InChI is InChI=1S/C15H23N3O/c1-15(2)7-5-11(6-8-15)18-13-4-3-10(16)9-12(13)14(17)19/h3-4,9,11,18H,5-8,16H2,1-2H3,(H2,17,19). The van der Waals surface area contributed by atoms with E-state index in [1.54, 1.807) is 12.1 Å². The Bertz CT molecular complexity index is 472. The summed E-state index contributed by atoms with van der Waals surface area (Å²) in [5.41, 5.74) is 13.4. The summed E-state index contributed by atoms with van der Waals surface area (Å²) >= 11 is 0. The van der Waals surface area contributed by atoms with Gasteiger partial charge in [0, 0.05) is 17.4 Å². The maximum absolute atomic E-state index is 11.4. The van der Waals surface area contributed by atoms with Gasteiger partial charge in [0.1, 0.15) is 0 Å². The first-order chi connectivity index (χ1) is 8.87. The summed E-state index contributed by atoms with van der Waals surface area (Å²) in [7, 11) is 0. The van der Waals surface area contributed by atoms with E-state index in [-0.39, 0.29) is 0 Å². The lowest BCUT2D eigenvalue weighted by atomic mass is 9.75. The van der Waals surface area contributed by atoms with Crippen molar-refractivity contribution >= 4 is 17.3 Å². The smallest absolute Gasteiger partial charge is 0.250 e. The number of nitrogens with one attached hydrogen (secondary N) is 1. The molecule has 0 spiro atoms. The summed E-state index contributed by atoms with van der Waals surface area (Å²) in [6.45, 7) is 4.61. The van der Waals surface area contributed by atoms with Crippen LogP contribution >= 0.6 is 0 Å². The van der Waals surface area contributed by atoms with Gasteiger partial charge < -0.3 is 16.8 Å². The van der Waals surface area contributed by atoms with Gasteiger partial charge in [-0.3, -0.25) is 4.79 Å². The lowest BCUT2D eigenvalue weighted by molar-refractivity contribution is 0.100. The molecule has 0 aromatic heterocycles. The second-order valence-electron chi connectivity index (χ2n) is 6.25. The van der Waals surface area contributed by atoms with Gasteiger partial charge in [-0.2, -0.15) is 0 Å². The summed E-state index contributed by atoms with van der Waals surface area (Å²) in [5.74, 6) is -0.439.